The Bertz CT molecular complexity index is 2630. The molecule has 0 saturated heterocycles. The Morgan fingerprint density at radius 1 is 0.650 bits per heavy atom. The van der Waals surface area contributed by atoms with Crippen LogP contribution in [0.3, 0.4) is 0 Å². The summed E-state index contributed by atoms with van der Waals surface area (Å²) < 4.78 is 42.2. The molecular formula is C56H79BrFK2N9O11. The Morgan fingerprint density at radius 3 is 1.48 bits per heavy atom. The number of esters is 2. The van der Waals surface area contributed by atoms with E-state index in [9.17, 15) is 33.2 Å². The average molecular weight is 1230 g/mol. The van der Waals surface area contributed by atoms with Gasteiger partial charge < -0.3 is 54.6 Å². The van der Waals surface area contributed by atoms with Crippen molar-refractivity contribution >= 4 is 127 Å². The molecule has 2 heterocycles. The number of amides is 4. The van der Waals surface area contributed by atoms with Gasteiger partial charge in [-0.05, 0) is 120 Å². The monoisotopic (exact) mass is 1230 g/mol. The van der Waals surface area contributed by atoms with Crippen LogP contribution in [0.2, 0.25) is 0 Å². The molecule has 4 rings (SSSR count). The van der Waals surface area contributed by atoms with E-state index in [0.717, 1.165) is 11.8 Å². The SMILES string of the molecule is C.CC(C)(C)OC(=O)NCCCBr.[C-]#[N+]C1=CC=C(C(=O)OCC)C1.[C-]#[N+]c1ccc(C(=O)N[C@@H](C)c2ccccc2F)n1CCCNC(=O)OC(C)(C)C.[C-]#[N+]c1ccc(C(=O)OCC)n1CCCNC(=O)OC(C)(C)C.[K][K]. The van der Waals surface area contributed by atoms with Crippen LogP contribution in [0.25, 0.3) is 14.5 Å². The molecule has 430 valence electrons. The Hall–Kier alpha value is -4.37. The number of hydrogen-bond donors (Lipinski definition) is 4. The summed E-state index contributed by atoms with van der Waals surface area (Å²) in [7, 11) is 0. The predicted octanol–water partition coefficient (Wildman–Crippen LogP) is 11.6. The van der Waals surface area contributed by atoms with E-state index in [2.05, 4.69) is 51.7 Å². The molecule has 0 fully saturated rings. The van der Waals surface area contributed by atoms with Crippen molar-refractivity contribution in [2.45, 2.75) is 152 Å². The molecule has 0 unspecified atom stereocenters. The summed E-state index contributed by atoms with van der Waals surface area (Å²) in [5, 5.41) is 11.6. The number of carbonyl (C=O) groups is 6. The molecule has 1 aliphatic rings. The fraction of sp³-hybridized carbons (Fsp3) is 0.518. The van der Waals surface area contributed by atoms with E-state index < -0.39 is 52.7 Å². The van der Waals surface area contributed by atoms with E-state index in [0.29, 0.717) is 98.5 Å². The molecule has 1 atom stereocenters. The molecule has 0 saturated carbocycles. The fourth-order valence-corrected chi connectivity index (χ4v) is 6.62. The van der Waals surface area contributed by atoms with Gasteiger partial charge in [-0.15, -0.1) is 0 Å². The summed E-state index contributed by atoms with van der Waals surface area (Å²) in [6.07, 6.45) is 4.34. The number of aromatic nitrogens is 2. The van der Waals surface area contributed by atoms with Crippen molar-refractivity contribution in [2.24, 2.45) is 0 Å². The Labute approximate surface area is 526 Å². The molecule has 0 spiro atoms. The van der Waals surface area contributed by atoms with Gasteiger partial charge in [0, 0.05) is 55.4 Å². The zero-order valence-electron chi connectivity index (χ0n) is 48.3. The number of nitrogens with zero attached hydrogens (tertiary/aromatic N) is 5. The molecule has 4 N–H and O–H groups in total. The van der Waals surface area contributed by atoms with Crippen LogP contribution in [0.5, 0.6) is 0 Å². The van der Waals surface area contributed by atoms with Crippen molar-refractivity contribution in [3.05, 3.63) is 129 Å². The van der Waals surface area contributed by atoms with Gasteiger partial charge in [-0.1, -0.05) is 66.9 Å². The van der Waals surface area contributed by atoms with Crippen LogP contribution in [0.1, 0.15) is 149 Å². The maximum atomic E-state index is 14.0. The zero-order valence-corrected chi connectivity index (χ0v) is 56.2. The third-order valence-corrected chi connectivity index (χ3v) is 10.1. The number of alkyl halides is 1. The predicted molar refractivity (Wildman–Crippen MR) is 312 cm³/mol. The van der Waals surface area contributed by atoms with Gasteiger partial charge in [0.2, 0.25) is 11.6 Å². The van der Waals surface area contributed by atoms with Crippen molar-refractivity contribution in [1.29, 1.82) is 0 Å². The quantitative estimate of drug-likeness (QED) is 0.0234. The number of alkyl carbamates (subject to hydrolysis) is 3. The van der Waals surface area contributed by atoms with Crippen LogP contribution >= 0.6 is 15.9 Å². The van der Waals surface area contributed by atoms with Crippen LogP contribution in [0.15, 0.2) is 72.0 Å². The first-order valence-corrected chi connectivity index (χ1v) is 43.0. The van der Waals surface area contributed by atoms with Gasteiger partial charge in [-0.2, -0.15) is 0 Å². The van der Waals surface area contributed by atoms with Crippen LogP contribution in [-0.2, 0) is 41.6 Å². The van der Waals surface area contributed by atoms with E-state index >= 15 is 0 Å². The summed E-state index contributed by atoms with van der Waals surface area (Å²) in [5.41, 5.74) is 0.674. The fourth-order valence-electron chi connectivity index (χ4n) is 6.34. The summed E-state index contributed by atoms with van der Waals surface area (Å²) in [6.45, 7) is 45.4. The van der Waals surface area contributed by atoms with E-state index in [-0.39, 0.29) is 26.1 Å². The molecule has 80 heavy (non-hydrogen) atoms. The van der Waals surface area contributed by atoms with Gasteiger partial charge in [-0.3, -0.25) is 13.9 Å². The van der Waals surface area contributed by atoms with Crippen molar-refractivity contribution in [1.82, 2.24) is 30.4 Å². The third kappa shape index (κ3) is 33.5. The average Bonchev–Trinajstić information content (AvgIpc) is 4.13. The molecule has 4 amide bonds. The number of benzene rings is 1. The van der Waals surface area contributed by atoms with Gasteiger partial charge in [0.25, 0.3) is 5.91 Å². The first kappa shape index (κ1) is 77.7. The topological polar surface area (TPSA) is 220 Å². The summed E-state index contributed by atoms with van der Waals surface area (Å²) >= 11 is 5.77. The second kappa shape index (κ2) is 41.6. The molecule has 1 aromatic carbocycles. The molecule has 2 aromatic heterocycles. The Kier molecular flexibility index (Phi) is 40.4. The van der Waals surface area contributed by atoms with Gasteiger partial charge in [0.1, 0.15) is 22.6 Å². The number of hydrogen-bond acceptors (Lipinski definition) is 11. The first-order chi connectivity index (χ1) is 37.1. The van der Waals surface area contributed by atoms with Crippen molar-refractivity contribution in [3.8, 4) is 0 Å². The van der Waals surface area contributed by atoms with Crippen LogP contribution in [0.4, 0.5) is 30.4 Å². The molecule has 0 bridgehead atoms. The number of ether oxygens (including phenoxy) is 5. The number of nitrogens with one attached hydrogen (secondary N) is 4. The van der Waals surface area contributed by atoms with E-state index in [1.165, 1.54) is 69.2 Å². The van der Waals surface area contributed by atoms with Crippen molar-refractivity contribution in [2.75, 3.05) is 38.2 Å². The third-order valence-electron chi connectivity index (χ3n) is 9.54. The minimum atomic E-state index is -0.581. The molecule has 0 radical (unpaired) electrons. The van der Waals surface area contributed by atoms with E-state index in [1.54, 1.807) is 126 Å². The van der Waals surface area contributed by atoms with Crippen LogP contribution < -0.4 is 21.3 Å². The van der Waals surface area contributed by atoms with Crippen LogP contribution in [0, 0.1) is 25.5 Å². The second-order valence-corrected chi connectivity index (χ2v) is 20.3. The first-order valence-electron chi connectivity index (χ1n) is 25.9. The van der Waals surface area contributed by atoms with E-state index in [4.69, 9.17) is 43.4 Å². The van der Waals surface area contributed by atoms with E-state index in [1.807, 2.05) is 20.8 Å². The number of carbonyl (C=O) groups excluding carboxylic acids is 6. The maximum absolute atomic E-state index is 14.0. The standard InChI is InChI=1S/C22H27FN4O3.C16H23N3O4.C9H9NO2.C8H16BrNO2.CH4.2K/c1-15(16-9-6-7-10-17(16)23)26-20(28)18-11-12-19(24-5)27(18)14-8-13-25-21(29)30-22(2,3)4;1-6-22-14(20)12-8-9-13(17-5)19(12)11-7-10-18-15(21)23-16(2,3)4;1-3-12-9(11)7-4-5-8(6-7)10-2;1-8(2,3)12-7(11)10-6-4-5-9;;;/h6-7,9-12,15H,8,13-14H2,1-4H3,(H,25,29)(H,26,28);8-9H,6-7,10-11H2,1-4H3,(H,18,21);4-5H,3,6H2,1H3;4-6H2,1-3H3,(H,10,11);1H4;;/t15-;;;;;;/m0....../s1. The van der Waals surface area contributed by atoms with Gasteiger partial charge >= 0.3 is 93.4 Å². The van der Waals surface area contributed by atoms with Crippen molar-refractivity contribution in [3.63, 3.8) is 0 Å². The zero-order chi connectivity index (χ0) is 60.4. The molecule has 3 aromatic rings. The summed E-state index contributed by atoms with van der Waals surface area (Å²) in [5.74, 6) is -0.882. The number of allylic oxidation sites excluding steroid dienone is 3. The summed E-state index contributed by atoms with van der Waals surface area (Å²) in [6, 6.07) is 12.0. The van der Waals surface area contributed by atoms with Gasteiger partial charge in [0.05, 0.1) is 38.9 Å². The minimum absolute atomic E-state index is 0. The molecule has 1 aliphatic carbocycles. The molecule has 20 nitrogen and oxygen atoms in total. The summed E-state index contributed by atoms with van der Waals surface area (Å²) in [4.78, 5) is 80.0. The second-order valence-electron chi connectivity index (χ2n) is 19.5. The van der Waals surface area contributed by atoms with Gasteiger partial charge in [0.15, 0.2) is 17.1 Å². The van der Waals surface area contributed by atoms with Crippen molar-refractivity contribution < 1.29 is 56.8 Å². The normalized spacial score (nSPS) is 11.5. The Balaban J connectivity index is 0. The molecule has 24 heteroatoms. The Morgan fingerprint density at radius 2 is 1.07 bits per heavy atom. The molecule has 0 aliphatic heterocycles. The number of halogens is 2. The molecular weight excluding hydrogens is 1150 g/mol. The van der Waals surface area contributed by atoms with Gasteiger partial charge in [-0.25, -0.2) is 33.2 Å². The van der Waals surface area contributed by atoms with Crippen LogP contribution in [-0.4, -0.2) is 163 Å². The number of rotatable bonds is 18.